The molecule has 0 spiro atoms. The maximum Gasteiger partial charge on any atom is 0.139 e. The summed E-state index contributed by atoms with van der Waals surface area (Å²) in [7, 11) is 1.71. The Bertz CT molecular complexity index is 805. The van der Waals surface area contributed by atoms with Crippen LogP contribution in [-0.2, 0) is 6.42 Å². The van der Waals surface area contributed by atoms with Gasteiger partial charge in [-0.2, -0.15) is 0 Å². The van der Waals surface area contributed by atoms with Gasteiger partial charge >= 0.3 is 0 Å². The van der Waals surface area contributed by atoms with Crippen molar-refractivity contribution in [2.75, 3.05) is 7.11 Å². The summed E-state index contributed by atoms with van der Waals surface area (Å²) in [5, 5.41) is 1.08. The molecule has 2 nitrogen and oxygen atoms in total. The number of hydrogen-bond donors (Lipinski definition) is 1. The van der Waals surface area contributed by atoms with Gasteiger partial charge in [0.15, 0.2) is 0 Å². The molecule has 3 heteroatoms. The number of furan rings is 1. The van der Waals surface area contributed by atoms with Crippen LogP contribution in [0.2, 0.25) is 0 Å². The fourth-order valence-electron chi connectivity index (χ4n) is 2.83. The molecule has 0 saturated carbocycles. The SMILES string of the molecule is CCCCCc1ccc(-c2cc3ccc(S)cc3o2)c(OC)c1. The molecular formula is C20H22O2S. The number of unbranched alkanes of at least 4 members (excludes halogenated alkanes) is 2. The van der Waals surface area contributed by atoms with E-state index in [4.69, 9.17) is 9.15 Å². The standard InChI is InChI=1S/C20H22O2S/c1-3-4-5-6-14-7-10-17(19(11-14)21-2)20-12-15-8-9-16(23)13-18(15)22-20/h7-13,23H,3-6H2,1-2H3. The molecule has 0 amide bonds. The third-order valence-electron chi connectivity index (χ3n) is 4.10. The summed E-state index contributed by atoms with van der Waals surface area (Å²) in [6.45, 7) is 2.22. The molecule has 0 fully saturated rings. The van der Waals surface area contributed by atoms with E-state index in [0.29, 0.717) is 0 Å². The molecule has 0 N–H and O–H groups in total. The highest BCUT2D eigenvalue weighted by atomic mass is 32.1. The van der Waals surface area contributed by atoms with Crippen LogP contribution < -0.4 is 4.74 Å². The highest BCUT2D eigenvalue weighted by Gasteiger charge is 2.12. The highest BCUT2D eigenvalue weighted by Crippen LogP contribution is 2.35. The summed E-state index contributed by atoms with van der Waals surface area (Å²) in [4.78, 5) is 0.900. The van der Waals surface area contributed by atoms with Crippen LogP contribution in [-0.4, -0.2) is 7.11 Å². The number of hydrogen-bond acceptors (Lipinski definition) is 3. The molecular weight excluding hydrogens is 304 g/mol. The van der Waals surface area contributed by atoms with Crippen LogP contribution in [0.3, 0.4) is 0 Å². The highest BCUT2D eigenvalue weighted by molar-refractivity contribution is 7.80. The molecule has 3 rings (SSSR count). The third kappa shape index (κ3) is 3.56. The summed E-state index contributed by atoms with van der Waals surface area (Å²) in [5.74, 6) is 1.69. The number of ether oxygens (including phenoxy) is 1. The van der Waals surface area contributed by atoms with Crippen molar-refractivity contribution >= 4 is 23.6 Å². The summed E-state index contributed by atoms with van der Waals surface area (Å²) < 4.78 is 11.6. The van der Waals surface area contributed by atoms with E-state index >= 15 is 0 Å². The first-order chi connectivity index (χ1) is 11.2. The predicted octanol–water partition coefficient (Wildman–Crippen LogP) is 6.13. The molecule has 0 saturated heterocycles. The molecule has 1 aromatic heterocycles. The lowest BCUT2D eigenvalue weighted by Gasteiger charge is -2.09. The van der Waals surface area contributed by atoms with Gasteiger partial charge in [-0.1, -0.05) is 25.8 Å². The molecule has 1 heterocycles. The number of rotatable bonds is 6. The van der Waals surface area contributed by atoms with E-state index in [9.17, 15) is 0 Å². The minimum Gasteiger partial charge on any atom is -0.496 e. The number of thiol groups is 1. The van der Waals surface area contributed by atoms with Crippen LogP contribution in [0.4, 0.5) is 0 Å². The Labute approximate surface area is 142 Å². The molecule has 0 atom stereocenters. The lowest BCUT2D eigenvalue weighted by molar-refractivity contribution is 0.414. The minimum absolute atomic E-state index is 0.830. The van der Waals surface area contributed by atoms with Crippen LogP contribution in [0.25, 0.3) is 22.3 Å². The van der Waals surface area contributed by atoms with Gasteiger partial charge in [0.05, 0.1) is 12.7 Å². The molecule has 3 aromatic rings. The van der Waals surface area contributed by atoms with Gasteiger partial charge in [0.2, 0.25) is 0 Å². The molecule has 2 aromatic carbocycles. The van der Waals surface area contributed by atoms with Crippen LogP contribution in [0.1, 0.15) is 31.7 Å². The largest absolute Gasteiger partial charge is 0.496 e. The fourth-order valence-corrected chi connectivity index (χ4v) is 3.02. The summed E-state index contributed by atoms with van der Waals surface area (Å²) in [6.07, 6.45) is 4.81. The molecule has 23 heavy (non-hydrogen) atoms. The van der Waals surface area contributed by atoms with E-state index < -0.39 is 0 Å². The zero-order valence-electron chi connectivity index (χ0n) is 13.6. The molecule has 0 radical (unpaired) electrons. The first-order valence-corrected chi connectivity index (χ1v) is 8.56. The maximum atomic E-state index is 5.99. The van der Waals surface area contributed by atoms with Crippen molar-refractivity contribution in [1.82, 2.24) is 0 Å². The van der Waals surface area contributed by atoms with Gasteiger partial charge in [0.1, 0.15) is 17.1 Å². The molecule has 0 bridgehead atoms. The van der Waals surface area contributed by atoms with Gasteiger partial charge in [0.25, 0.3) is 0 Å². The van der Waals surface area contributed by atoms with E-state index in [1.54, 1.807) is 7.11 Å². The number of benzene rings is 2. The summed E-state index contributed by atoms with van der Waals surface area (Å²) >= 11 is 4.36. The van der Waals surface area contributed by atoms with E-state index in [1.165, 1.54) is 24.8 Å². The average Bonchev–Trinajstić information content (AvgIpc) is 2.97. The molecule has 0 aliphatic carbocycles. The van der Waals surface area contributed by atoms with Crippen molar-refractivity contribution in [1.29, 1.82) is 0 Å². The Morgan fingerprint density at radius 3 is 2.70 bits per heavy atom. The first kappa shape index (κ1) is 16.0. The number of aryl methyl sites for hydroxylation is 1. The van der Waals surface area contributed by atoms with Crippen molar-refractivity contribution in [2.24, 2.45) is 0 Å². The normalized spacial score (nSPS) is 11.1. The maximum absolute atomic E-state index is 5.99. The Hall–Kier alpha value is -1.87. The number of fused-ring (bicyclic) bond motifs is 1. The van der Waals surface area contributed by atoms with Gasteiger partial charge in [-0.05, 0) is 54.8 Å². The van der Waals surface area contributed by atoms with E-state index in [0.717, 1.165) is 39.4 Å². The lowest BCUT2D eigenvalue weighted by Crippen LogP contribution is -1.91. The Morgan fingerprint density at radius 2 is 1.91 bits per heavy atom. The van der Waals surface area contributed by atoms with Gasteiger partial charge in [-0.3, -0.25) is 0 Å². The van der Waals surface area contributed by atoms with Crippen LogP contribution >= 0.6 is 12.6 Å². The molecule has 120 valence electrons. The molecule has 0 aliphatic heterocycles. The number of methoxy groups -OCH3 is 1. The van der Waals surface area contributed by atoms with Crippen molar-refractivity contribution in [2.45, 2.75) is 37.5 Å². The average molecular weight is 326 g/mol. The minimum atomic E-state index is 0.830. The van der Waals surface area contributed by atoms with Gasteiger partial charge in [-0.25, -0.2) is 0 Å². The van der Waals surface area contributed by atoms with Gasteiger partial charge in [0, 0.05) is 10.3 Å². The smallest absolute Gasteiger partial charge is 0.139 e. The zero-order valence-corrected chi connectivity index (χ0v) is 14.5. The van der Waals surface area contributed by atoms with Gasteiger partial charge < -0.3 is 9.15 Å². The first-order valence-electron chi connectivity index (χ1n) is 8.11. The van der Waals surface area contributed by atoms with E-state index in [-0.39, 0.29) is 0 Å². The Balaban J connectivity index is 1.93. The second-order valence-electron chi connectivity index (χ2n) is 5.82. The van der Waals surface area contributed by atoms with Crippen molar-refractivity contribution < 1.29 is 9.15 Å². The van der Waals surface area contributed by atoms with E-state index in [2.05, 4.69) is 43.8 Å². The summed E-state index contributed by atoms with van der Waals surface area (Å²) in [6, 6.07) is 14.4. The van der Waals surface area contributed by atoms with Crippen LogP contribution in [0.15, 0.2) is 51.8 Å². The second kappa shape index (κ2) is 7.14. The second-order valence-corrected chi connectivity index (χ2v) is 6.34. The monoisotopic (exact) mass is 326 g/mol. The quantitative estimate of drug-likeness (QED) is 0.435. The van der Waals surface area contributed by atoms with Crippen molar-refractivity contribution in [3.8, 4) is 17.1 Å². The van der Waals surface area contributed by atoms with Crippen LogP contribution in [0.5, 0.6) is 5.75 Å². The molecule has 0 aliphatic rings. The van der Waals surface area contributed by atoms with E-state index in [1.807, 2.05) is 18.2 Å². The Morgan fingerprint density at radius 1 is 1.04 bits per heavy atom. The van der Waals surface area contributed by atoms with Crippen LogP contribution in [0, 0.1) is 0 Å². The molecule has 0 unspecified atom stereocenters. The Kier molecular flexibility index (Phi) is 4.97. The lowest BCUT2D eigenvalue weighted by atomic mass is 10.0. The zero-order chi connectivity index (χ0) is 16.2. The third-order valence-corrected chi connectivity index (χ3v) is 4.38. The topological polar surface area (TPSA) is 22.4 Å². The fraction of sp³-hybridized carbons (Fsp3) is 0.300. The summed E-state index contributed by atoms with van der Waals surface area (Å²) in [5.41, 5.74) is 3.15. The van der Waals surface area contributed by atoms with Crippen molar-refractivity contribution in [3.63, 3.8) is 0 Å². The van der Waals surface area contributed by atoms with Crippen molar-refractivity contribution in [3.05, 3.63) is 48.0 Å². The predicted molar refractivity (Wildman–Crippen MR) is 98.7 cm³/mol. The van der Waals surface area contributed by atoms with Gasteiger partial charge in [-0.15, -0.1) is 12.6 Å².